The molecule has 3 heteroatoms. The van der Waals surface area contributed by atoms with Crippen molar-refractivity contribution >= 4 is 11.5 Å². The number of nitrogens with two attached hydrogens (primary N) is 1. The van der Waals surface area contributed by atoms with Crippen LogP contribution in [0.15, 0.2) is 24.3 Å². The largest absolute Gasteiger partial charge is 0.399 e. The van der Waals surface area contributed by atoms with E-state index in [1.165, 1.54) is 0 Å². The molecule has 1 aliphatic rings. The van der Waals surface area contributed by atoms with Crippen LogP contribution in [0.2, 0.25) is 0 Å². The number of carbonyl (C=O) groups is 1. The van der Waals surface area contributed by atoms with Crippen molar-refractivity contribution in [1.29, 1.82) is 0 Å². The van der Waals surface area contributed by atoms with Gasteiger partial charge in [0.2, 0.25) is 0 Å². The van der Waals surface area contributed by atoms with Crippen LogP contribution in [0.1, 0.15) is 16.8 Å². The normalized spacial score (nSPS) is 16.3. The first-order valence-electron chi connectivity index (χ1n) is 4.85. The molecule has 0 radical (unpaired) electrons. The third-order valence-electron chi connectivity index (χ3n) is 2.55. The third-order valence-corrected chi connectivity index (χ3v) is 2.55. The average Bonchev–Trinajstić information content (AvgIpc) is 2.11. The van der Waals surface area contributed by atoms with Crippen molar-refractivity contribution in [1.82, 2.24) is 5.32 Å². The summed E-state index contributed by atoms with van der Waals surface area (Å²) in [5.74, 6) is 0.715. The molecule has 0 bridgehead atoms. The first-order chi connectivity index (χ1) is 6.75. The van der Waals surface area contributed by atoms with E-state index >= 15 is 0 Å². The lowest BCUT2D eigenvalue weighted by Gasteiger charge is -2.26. The molecular formula is C11H14N2O. The fourth-order valence-corrected chi connectivity index (χ4v) is 1.58. The van der Waals surface area contributed by atoms with E-state index in [4.69, 9.17) is 5.73 Å². The Bertz CT molecular complexity index is 345. The topological polar surface area (TPSA) is 55.1 Å². The van der Waals surface area contributed by atoms with Gasteiger partial charge < -0.3 is 11.1 Å². The van der Waals surface area contributed by atoms with Gasteiger partial charge in [-0.3, -0.25) is 4.79 Å². The molecule has 0 unspecified atom stereocenters. The SMILES string of the molecule is Nc1cccc(C(=O)CC2CNC2)c1. The van der Waals surface area contributed by atoms with E-state index in [-0.39, 0.29) is 5.78 Å². The van der Waals surface area contributed by atoms with Crippen LogP contribution in [0.25, 0.3) is 0 Å². The van der Waals surface area contributed by atoms with Crippen molar-refractivity contribution in [3.8, 4) is 0 Å². The van der Waals surface area contributed by atoms with Crippen molar-refractivity contribution in [3.05, 3.63) is 29.8 Å². The molecule has 0 aliphatic carbocycles. The van der Waals surface area contributed by atoms with Gasteiger partial charge in [0.25, 0.3) is 0 Å². The van der Waals surface area contributed by atoms with Gasteiger partial charge in [-0.05, 0) is 31.1 Å². The number of rotatable bonds is 3. The monoisotopic (exact) mass is 190 g/mol. The standard InChI is InChI=1S/C11H14N2O/c12-10-3-1-2-9(5-10)11(14)4-8-6-13-7-8/h1-3,5,8,13H,4,6-7,12H2. The highest BCUT2D eigenvalue weighted by Crippen LogP contribution is 2.15. The van der Waals surface area contributed by atoms with Gasteiger partial charge in [-0.15, -0.1) is 0 Å². The molecule has 74 valence electrons. The zero-order chi connectivity index (χ0) is 9.97. The molecule has 0 atom stereocenters. The zero-order valence-electron chi connectivity index (χ0n) is 7.99. The number of nitrogens with one attached hydrogen (secondary N) is 1. The van der Waals surface area contributed by atoms with Gasteiger partial charge in [0.15, 0.2) is 5.78 Å². The van der Waals surface area contributed by atoms with Gasteiger partial charge in [0, 0.05) is 17.7 Å². The molecule has 2 rings (SSSR count). The molecule has 14 heavy (non-hydrogen) atoms. The second kappa shape index (κ2) is 3.80. The summed E-state index contributed by atoms with van der Waals surface area (Å²) in [7, 11) is 0. The Kier molecular flexibility index (Phi) is 2.50. The van der Waals surface area contributed by atoms with Crippen LogP contribution in [-0.4, -0.2) is 18.9 Å². The number of hydrogen-bond donors (Lipinski definition) is 2. The molecule has 3 nitrogen and oxygen atoms in total. The molecule has 3 N–H and O–H groups in total. The minimum absolute atomic E-state index is 0.198. The first kappa shape index (κ1) is 9.21. The highest BCUT2D eigenvalue weighted by Gasteiger charge is 2.20. The van der Waals surface area contributed by atoms with Crippen molar-refractivity contribution in [3.63, 3.8) is 0 Å². The number of hydrogen-bond acceptors (Lipinski definition) is 3. The lowest BCUT2D eigenvalue weighted by molar-refractivity contribution is 0.0945. The number of nitrogen functional groups attached to an aromatic ring is 1. The second-order valence-electron chi connectivity index (χ2n) is 3.78. The van der Waals surface area contributed by atoms with E-state index in [0.29, 0.717) is 18.0 Å². The fraction of sp³-hybridized carbons (Fsp3) is 0.364. The van der Waals surface area contributed by atoms with Crippen LogP contribution in [0.5, 0.6) is 0 Å². The Morgan fingerprint density at radius 2 is 2.29 bits per heavy atom. The lowest BCUT2D eigenvalue weighted by Crippen LogP contribution is -2.42. The quantitative estimate of drug-likeness (QED) is 0.553. The van der Waals surface area contributed by atoms with Crippen LogP contribution in [-0.2, 0) is 0 Å². The van der Waals surface area contributed by atoms with E-state index in [1.807, 2.05) is 12.1 Å². The van der Waals surface area contributed by atoms with Gasteiger partial charge >= 0.3 is 0 Å². The summed E-state index contributed by atoms with van der Waals surface area (Å²) < 4.78 is 0. The van der Waals surface area contributed by atoms with Crippen molar-refractivity contribution in [2.75, 3.05) is 18.8 Å². The van der Waals surface area contributed by atoms with Gasteiger partial charge in [-0.25, -0.2) is 0 Å². The van der Waals surface area contributed by atoms with Gasteiger partial charge in [-0.1, -0.05) is 12.1 Å². The van der Waals surface area contributed by atoms with Crippen LogP contribution in [0, 0.1) is 5.92 Å². The molecule has 0 aromatic heterocycles. The highest BCUT2D eigenvalue weighted by atomic mass is 16.1. The average molecular weight is 190 g/mol. The third kappa shape index (κ3) is 1.93. The maximum atomic E-state index is 11.7. The number of anilines is 1. The van der Waals surface area contributed by atoms with Crippen molar-refractivity contribution < 1.29 is 4.79 Å². The van der Waals surface area contributed by atoms with E-state index in [0.717, 1.165) is 18.7 Å². The minimum atomic E-state index is 0.198. The molecule has 1 heterocycles. The van der Waals surface area contributed by atoms with E-state index in [9.17, 15) is 4.79 Å². The van der Waals surface area contributed by atoms with Crippen LogP contribution in [0.4, 0.5) is 5.69 Å². The predicted octanol–water partition coefficient (Wildman–Crippen LogP) is 1.06. The summed E-state index contributed by atoms with van der Waals surface area (Å²) in [5, 5.41) is 3.15. The van der Waals surface area contributed by atoms with E-state index < -0.39 is 0 Å². The van der Waals surface area contributed by atoms with Gasteiger partial charge in [0.1, 0.15) is 0 Å². The molecule has 1 aromatic rings. The molecule has 1 aromatic carbocycles. The Hall–Kier alpha value is -1.35. The van der Waals surface area contributed by atoms with Crippen molar-refractivity contribution in [2.24, 2.45) is 5.92 Å². The molecule has 1 fully saturated rings. The van der Waals surface area contributed by atoms with Crippen molar-refractivity contribution in [2.45, 2.75) is 6.42 Å². The molecule has 1 aliphatic heterocycles. The zero-order valence-corrected chi connectivity index (χ0v) is 7.99. The molecular weight excluding hydrogens is 176 g/mol. The summed E-state index contributed by atoms with van der Waals surface area (Å²) in [4.78, 5) is 11.7. The number of carbonyl (C=O) groups excluding carboxylic acids is 1. The Morgan fingerprint density at radius 3 is 2.86 bits per heavy atom. The van der Waals surface area contributed by atoms with E-state index in [1.54, 1.807) is 12.1 Å². The summed E-state index contributed by atoms with van der Waals surface area (Å²) in [6.07, 6.45) is 0.635. The predicted molar refractivity (Wildman–Crippen MR) is 56.2 cm³/mol. The smallest absolute Gasteiger partial charge is 0.163 e. The minimum Gasteiger partial charge on any atom is -0.399 e. The van der Waals surface area contributed by atoms with Crippen LogP contribution < -0.4 is 11.1 Å². The number of ketones is 1. The number of Topliss-reactive ketones (excluding diaryl/α,β-unsaturated/α-hetero) is 1. The second-order valence-corrected chi connectivity index (χ2v) is 3.78. The van der Waals surface area contributed by atoms with Gasteiger partial charge in [0.05, 0.1) is 0 Å². The summed E-state index contributed by atoms with van der Waals surface area (Å²) in [6.45, 7) is 1.93. The lowest BCUT2D eigenvalue weighted by atomic mass is 9.94. The summed E-state index contributed by atoms with van der Waals surface area (Å²) in [6, 6.07) is 7.18. The van der Waals surface area contributed by atoms with E-state index in [2.05, 4.69) is 5.32 Å². The molecule has 0 amide bonds. The fourth-order valence-electron chi connectivity index (χ4n) is 1.58. The summed E-state index contributed by atoms with van der Waals surface area (Å²) >= 11 is 0. The molecule has 0 spiro atoms. The molecule has 1 saturated heterocycles. The van der Waals surface area contributed by atoms with Gasteiger partial charge in [-0.2, -0.15) is 0 Å². The Morgan fingerprint density at radius 1 is 1.50 bits per heavy atom. The maximum Gasteiger partial charge on any atom is 0.163 e. The Labute approximate surface area is 83.3 Å². The first-order valence-corrected chi connectivity index (χ1v) is 4.85. The highest BCUT2D eigenvalue weighted by molar-refractivity contribution is 5.97. The summed E-state index contributed by atoms with van der Waals surface area (Å²) in [5.41, 5.74) is 7.00. The van der Waals surface area contributed by atoms with Crippen LogP contribution >= 0.6 is 0 Å². The van der Waals surface area contributed by atoms with Crippen LogP contribution in [0.3, 0.4) is 0 Å². The Balaban J connectivity index is 2.02. The molecule has 0 saturated carbocycles. The number of benzene rings is 1. The maximum absolute atomic E-state index is 11.7.